The third kappa shape index (κ3) is 7.52. The van der Waals surface area contributed by atoms with Crippen LogP contribution in [0.5, 0.6) is 0 Å². The largest absolute Gasteiger partial charge is 0.481 e. The average Bonchev–Trinajstić information content (AvgIpc) is 3.18. The van der Waals surface area contributed by atoms with Crippen LogP contribution < -0.4 is 21.7 Å². The molecule has 2 aromatic rings. The molecule has 0 aliphatic carbocycles. The van der Waals surface area contributed by atoms with E-state index in [1.807, 2.05) is 29.6 Å². The van der Waals surface area contributed by atoms with E-state index in [-0.39, 0.29) is 6.42 Å². The van der Waals surface area contributed by atoms with Crippen molar-refractivity contribution in [3.05, 3.63) is 36.0 Å². The number of carboxylic acid groups (broad SMARTS) is 2. The Kier molecular flexibility index (Phi) is 9.31. The van der Waals surface area contributed by atoms with E-state index in [0.717, 1.165) is 23.4 Å². The number of nitrogens with two attached hydrogens (primary N) is 1. The van der Waals surface area contributed by atoms with Gasteiger partial charge in [0.05, 0.1) is 18.6 Å². The Balaban J connectivity index is 2.00. The second-order valence-corrected chi connectivity index (χ2v) is 8.12. The van der Waals surface area contributed by atoms with Crippen LogP contribution in [0, 0.1) is 0 Å². The van der Waals surface area contributed by atoms with Crippen molar-refractivity contribution < 1.29 is 39.3 Å². The van der Waals surface area contributed by atoms with Gasteiger partial charge < -0.3 is 42.0 Å². The second kappa shape index (κ2) is 11.9. The van der Waals surface area contributed by atoms with Crippen LogP contribution in [0.2, 0.25) is 0 Å². The number of H-pyrrole nitrogens is 1. The molecule has 1 aromatic heterocycles. The minimum absolute atomic E-state index is 0.185. The number of para-hydroxylation sites is 1. The fourth-order valence-electron chi connectivity index (χ4n) is 3.34. The summed E-state index contributed by atoms with van der Waals surface area (Å²) < 4.78 is 0. The summed E-state index contributed by atoms with van der Waals surface area (Å²) in [6, 6.07) is 1.91. The number of amides is 3. The molecule has 0 fully saturated rings. The number of aromatic nitrogens is 1. The first kappa shape index (κ1) is 27.3. The predicted octanol–water partition coefficient (Wildman–Crippen LogP) is -1.55. The third-order valence-electron chi connectivity index (χ3n) is 5.26. The molecular formula is C22H29N5O8. The molecule has 0 aliphatic rings. The van der Waals surface area contributed by atoms with Gasteiger partial charge in [-0.05, 0) is 31.9 Å². The number of benzene rings is 1. The monoisotopic (exact) mass is 491 g/mol. The smallest absolute Gasteiger partial charge is 0.328 e. The Bertz CT molecular complexity index is 1100. The SMILES string of the molecule is CC(NC(=O)C(N)Cc1c[nH]c2ccccc12)C(=O)NC(CC(=O)O)C(=O)NC(C(=O)O)C(C)O. The zero-order valence-corrected chi connectivity index (χ0v) is 19.1. The van der Waals surface area contributed by atoms with Gasteiger partial charge >= 0.3 is 11.9 Å². The lowest BCUT2D eigenvalue weighted by Gasteiger charge is -2.23. The van der Waals surface area contributed by atoms with Crippen LogP contribution >= 0.6 is 0 Å². The summed E-state index contributed by atoms with van der Waals surface area (Å²) >= 11 is 0. The summed E-state index contributed by atoms with van der Waals surface area (Å²) in [6.07, 6.45) is -0.413. The normalized spacial score (nSPS) is 15.3. The molecule has 5 atom stereocenters. The molecule has 35 heavy (non-hydrogen) atoms. The highest BCUT2D eigenvalue weighted by Gasteiger charge is 2.32. The number of fused-ring (bicyclic) bond motifs is 1. The highest BCUT2D eigenvalue weighted by atomic mass is 16.4. The Morgan fingerprint density at radius 3 is 2.23 bits per heavy atom. The summed E-state index contributed by atoms with van der Waals surface area (Å²) in [5.74, 6) is -5.63. The number of nitrogens with one attached hydrogen (secondary N) is 4. The topological polar surface area (TPSA) is 224 Å². The standard InChI is InChI=1S/C22H29N5O8/c1-10(25-20(32)14(23)7-12-9-24-15-6-4-3-5-13(12)15)19(31)26-16(8-17(29)30)21(33)27-18(11(2)28)22(34)35/h3-6,9-11,14,16,18,24,28H,7-8,23H2,1-2H3,(H,25,32)(H,26,31)(H,27,33)(H,29,30)(H,34,35). The molecule has 0 bridgehead atoms. The van der Waals surface area contributed by atoms with Gasteiger partial charge in [0.25, 0.3) is 0 Å². The van der Waals surface area contributed by atoms with Crippen molar-refractivity contribution in [1.29, 1.82) is 0 Å². The minimum atomic E-state index is -1.71. The van der Waals surface area contributed by atoms with E-state index in [9.17, 15) is 29.1 Å². The molecule has 13 nitrogen and oxygen atoms in total. The van der Waals surface area contributed by atoms with E-state index in [1.54, 1.807) is 6.20 Å². The van der Waals surface area contributed by atoms with Crippen LogP contribution in [0.15, 0.2) is 30.5 Å². The van der Waals surface area contributed by atoms with E-state index in [4.69, 9.17) is 15.9 Å². The molecule has 0 aliphatic heterocycles. The summed E-state index contributed by atoms with van der Waals surface area (Å²) in [7, 11) is 0. The summed E-state index contributed by atoms with van der Waals surface area (Å²) in [5, 5.41) is 35.1. The number of aliphatic carboxylic acids is 2. The zero-order valence-electron chi connectivity index (χ0n) is 19.1. The van der Waals surface area contributed by atoms with Crippen molar-refractivity contribution in [2.75, 3.05) is 0 Å². The number of aliphatic hydroxyl groups excluding tert-OH is 1. The molecule has 5 unspecified atom stereocenters. The van der Waals surface area contributed by atoms with Crippen LogP contribution in [-0.2, 0) is 30.4 Å². The Morgan fingerprint density at radius 2 is 1.63 bits per heavy atom. The van der Waals surface area contributed by atoms with Gasteiger partial charge in [-0.1, -0.05) is 18.2 Å². The van der Waals surface area contributed by atoms with E-state index in [2.05, 4.69) is 15.6 Å². The zero-order chi connectivity index (χ0) is 26.3. The number of carbonyl (C=O) groups excluding carboxylic acids is 3. The molecule has 13 heteroatoms. The number of carbonyl (C=O) groups is 5. The van der Waals surface area contributed by atoms with E-state index >= 15 is 0 Å². The van der Waals surface area contributed by atoms with Crippen LogP contribution in [-0.4, -0.2) is 80.2 Å². The Morgan fingerprint density at radius 1 is 0.971 bits per heavy atom. The van der Waals surface area contributed by atoms with Gasteiger partial charge in [-0.15, -0.1) is 0 Å². The lowest BCUT2D eigenvalue weighted by molar-refractivity contribution is -0.146. The number of carboxylic acids is 2. The molecule has 0 radical (unpaired) electrons. The van der Waals surface area contributed by atoms with E-state index in [1.165, 1.54) is 6.92 Å². The third-order valence-corrected chi connectivity index (χ3v) is 5.26. The summed E-state index contributed by atoms with van der Waals surface area (Å²) in [6.45, 7) is 2.44. The molecule has 1 heterocycles. The quantitative estimate of drug-likeness (QED) is 0.172. The van der Waals surface area contributed by atoms with E-state index < -0.39 is 66.4 Å². The van der Waals surface area contributed by atoms with Crippen LogP contribution in [0.4, 0.5) is 0 Å². The maximum Gasteiger partial charge on any atom is 0.328 e. The molecular weight excluding hydrogens is 462 g/mol. The number of aliphatic hydroxyl groups is 1. The molecule has 0 saturated carbocycles. The molecule has 1 aromatic carbocycles. The highest BCUT2D eigenvalue weighted by Crippen LogP contribution is 2.18. The first-order chi connectivity index (χ1) is 16.4. The van der Waals surface area contributed by atoms with Crippen molar-refractivity contribution in [3.63, 3.8) is 0 Å². The molecule has 2 rings (SSSR count). The minimum Gasteiger partial charge on any atom is -0.481 e. The molecule has 9 N–H and O–H groups in total. The molecule has 3 amide bonds. The van der Waals surface area contributed by atoms with Gasteiger partial charge in [-0.25, -0.2) is 4.79 Å². The van der Waals surface area contributed by atoms with Gasteiger partial charge in [0.1, 0.15) is 12.1 Å². The van der Waals surface area contributed by atoms with Crippen LogP contribution in [0.3, 0.4) is 0 Å². The second-order valence-electron chi connectivity index (χ2n) is 8.12. The van der Waals surface area contributed by atoms with Crippen molar-refractivity contribution in [2.24, 2.45) is 5.73 Å². The summed E-state index contributed by atoms with van der Waals surface area (Å²) in [5.41, 5.74) is 7.69. The number of hydrogen-bond acceptors (Lipinski definition) is 7. The number of aromatic amines is 1. The maximum absolute atomic E-state index is 12.5. The van der Waals surface area contributed by atoms with Crippen molar-refractivity contribution in [1.82, 2.24) is 20.9 Å². The lowest BCUT2D eigenvalue weighted by Crippen LogP contribution is -2.58. The predicted molar refractivity (Wildman–Crippen MR) is 123 cm³/mol. The molecule has 0 saturated heterocycles. The van der Waals surface area contributed by atoms with Gasteiger partial charge in [0.15, 0.2) is 6.04 Å². The number of rotatable bonds is 12. The van der Waals surface area contributed by atoms with Gasteiger partial charge in [0.2, 0.25) is 17.7 Å². The highest BCUT2D eigenvalue weighted by molar-refractivity contribution is 5.95. The Hall–Kier alpha value is -3.97. The van der Waals surface area contributed by atoms with Crippen LogP contribution in [0.1, 0.15) is 25.8 Å². The first-order valence-electron chi connectivity index (χ1n) is 10.7. The van der Waals surface area contributed by atoms with Crippen molar-refractivity contribution >= 4 is 40.6 Å². The molecule has 0 spiro atoms. The number of hydrogen-bond donors (Lipinski definition) is 8. The molecule has 190 valence electrons. The van der Waals surface area contributed by atoms with Gasteiger partial charge in [0, 0.05) is 17.1 Å². The first-order valence-corrected chi connectivity index (χ1v) is 10.7. The Labute approximate surface area is 200 Å². The van der Waals surface area contributed by atoms with Crippen molar-refractivity contribution in [3.8, 4) is 0 Å². The fraction of sp³-hybridized carbons (Fsp3) is 0.409. The fourth-order valence-corrected chi connectivity index (χ4v) is 3.34. The summed E-state index contributed by atoms with van der Waals surface area (Å²) in [4.78, 5) is 62.9. The average molecular weight is 492 g/mol. The van der Waals surface area contributed by atoms with Gasteiger partial charge in [-0.3, -0.25) is 19.2 Å². The lowest BCUT2D eigenvalue weighted by atomic mass is 10.0. The van der Waals surface area contributed by atoms with Gasteiger partial charge in [-0.2, -0.15) is 0 Å². The van der Waals surface area contributed by atoms with Crippen LogP contribution in [0.25, 0.3) is 10.9 Å². The van der Waals surface area contributed by atoms with Crippen molar-refractivity contribution in [2.45, 2.75) is 57.0 Å². The van der Waals surface area contributed by atoms with E-state index in [0.29, 0.717) is 0 Å². The maximum atomic E-state index is 12.5.